The predicted molar refractivity (Wildman–Crippen MR) is 79.5 cm³/mol. The Morgan fingerprint density at radius 2 is 1.85 bits per heavy atom. The highest BCUT2D eigenvalue weighted by atomic mass is 35.5. The molecule has 0 aliphatic carbocycles. The van der Waals surface area contributed by atoms with Crippen LogP contribution < -0.4 is 10.6 Å². The van der Waals surface area contributed by atoms with Crippen LogP contribution in [0, 0.1) is 5.92 Å². The van der Waals surface area contributed by atoms with Gasteiger partial charge in [-0.05, 0) is 31.0 Å². The number of hydrogen-bond acceptors (Lipinski definition) is 2. The molecule has 5 nitrogen and oxygen atoms in total. The van der Waals surface area contributed by atoms with Crippen molar-refractivity contribution in [3.05, 3.63) is 28.2 Å². The Bertz CT molecular complexity index is 474. The third-order valence-electron chi connectivity index (χ3n) is 2.64. The number of halogens is 2. The zero-order valence-electron chi connectivity index (χ0n) is 11.0. The number of carboxylic acid groups (broad SMARTS) is 1. The zero-order valence-corrected chi connectivity index (χ0v) is 12.5. The van der Waals surface area contributed by atoms with Crippen LogP contribution in [0.25, 0.3) is 0 Å². The smallest absolute Gasteiger partial charge is 0.319 e. The number of rotatable bonds is 6. The third-order valence-corrected chi connectivity index (χ3v) is 3.08. The summed E-state index contributed by atoms with van der Waals surface area (Å²) in [5.41, 5.74) is 0.499. The molecule has 0 spiro atoms. The molecule has 20 heavy (non-hydrogen) atoms. The Balaban J connectivity index is 2.32. The van der Waals surface area contributed by atoms with Crippen LogP contribution in [0.3, 0.4) is 0 Å². The Hall–Kier alpha value is -1.46. The largest absolute Gasteiger partial charge is 0.481 e. The maximum atomic E-state index is 11.6. The Morgan fingerprint density at radius 3 is 2.40 bits per heavy atom. The van der Waals surface area contributed by atoms with Gasteiger partial charge in [0.15, 0.2) is 0 Å². The van der Waals surface area contributed by atoms with Gasteiger partial charge in [0.1, 0.15) is 0 Å². The van der Waals surface area contributed by atoms with E-state index in [2.05, 4.69) is 10.6 Å². The van der Waals surface area contributed by atoms with Crippen molar-refractivity contribution >= 4 is 40.9 Å². The fraction of sp³-hybridized carbons (Fsp3) is 0.385. The molecule has 0 saturated carbocycles. The summed E-state index contributed by atoms with van der Waals surface area (Å²) in [6, 6.07) is 4.35. The number of benzene rings is 1. The number of carboxylic acids is 1. The van der Waals surface area contributed by atoms with Gasteiger partial charge in [-0.2, -0.15) is 0 Å². The van der Waals surface area contributed by atoms with Gasteiger partial charge in [0, 0.05) is 22.3 Å². The second-order valence-corrected chi connectivity index (χ2v) is 5.29. The molecule has 0 fully saturated rings. The molecule has 0 heterocycles. The van der Waals surface area contributed by atoms with Crippen LogP contribution in [0.15, 0.2) is 18.2 Å². The molecule has 1 aromatic rings. The van der Waals surface area contributed by atoms with Crippen molar-refractivity contribution in [3.63, 3.8) is 0 Å². The van der Waals surface area contributed by atoms with Gasteiger partial charge < -0.3 is 15.7 Å². The van der Waals surface area contributed by atoms with Crippen LogP contribution in [0.5, 0.6) is 0 Å². The van der Waals surface area contributed by atoms with E-state index >= 15 is 0 Å². The highest BCUT2D eigenvalue weighted by Crippen LogP contribution is 2.22. The van der Waals surface area contributed by atoms with Gasteiger partial charge in [-0.15, -0.1) is 0 Å². The van der Waals surface area contributed by atoms with Crippen LogP contribution in [-0.4, -0.2) is 23.7 Å². The fourth-order valence-electron chi connectivity index (χ4n) is 1.53. The SMILES string of the molecule is CC(CCCNC(=O)Nc1cc(Cl)cc(Cl)c1)C(=O)O. The van der Waals surface area contributed by atoms with E-state index in [9.17, 15) is 9.59 Å². The number of nitrogens with one attached hydrogen (secondary N) is 2. The molecule has 1 rings (SSSR count). The number of amides is 2. The maximum absolute atomic E-state index is 11.6. The average molecular weight is 319 g/mol. The van der Waals surface area contributed by atoms with Crippen molar-refractivity contribution in [1.29, 1.82) is 0 Å². The molecule has 0 bridgehead atoms. The first kappa shape index (κ1) is 16.6. The minimum Gasteiger partial charge on any atom is -0.481 e. The number of carbonyl (C=O) groups is 2. The molecule has 7 heteroatoms. The van der Waals surface area contributed by atoms with Gasteiger partial charge in [0.2, 0.25) is 0 Å². The predicted octanol–water partition coefficient (Wildman–Crippen LogP) is 3.62. The normalized spacial score (nSPS) is 11.8. The Kier molecular flexibility index (Phi) is 6.61. The molecule has 110 valence electrons. The van der Waals surface area contributed by atoms with Crippen molar-refractivity contribution in [1.82, 2.24) is 5.32 Å². The number of anilines is 1. The van der Waals surface area contributed by atoms with E-state index in [1.165, 1.54) is 0 Å². The van der Waals surface area contributed by atoms with E-state index in [0.29, 0.717) is 35.1 Å². The second-order valence-electron chi connectivity index (χ2n) is 4.42. The van der Waals surface area contributed by atoms with Gasteiger partial charge in [0.25, 0.3) is 0 Å². The van der Waals surface area contributed by atoms with Crippen molar-refractivity contribution in [2.45, 2.75) is 19.8 Å². The van der Waals surface area contributed by atoms with E-state index in [4.69, 9.17) is 28.3 Å². The van der Waals surface area contributed by atoms with E-state index in [1.54, 1.807) is 25.1 Å². The summed E-state index contributed by atoms with van der Waals surface area (Å²) < 4.78 is 0. The first-order chi connectivity index (χ1) is 9.38. The van der Waals surface area contributed by atoms with Crippen LogP contribution in [0.4, 0.5) is 10.5 Å². The minimum atomic E-state index is -0.831. The first-order valence-electron chi connectivity index (χ1n) is 6.12. The molecule has 0 aliphatic rings. The summed E-state index contributed by atoms with van der Waals surface area (Å²) in [6.45, 7) is 2.04. The lowest BCUT2D eigenvalue weighted by atomic mass is 10.1. The fourth-order valence-corrected chi connectivity index (χ4v) is 2.06. The minimum absolute atomic E-state index is 0.383. The maximum Gasteiger partial charge on any atom is 0.319 e. The van der Waals surface area contributed by atoms with E-state index in [-0.39, 0.29) is 6.03 Å². The standard InChI is InChI=1S/C13H16Cl2N2O3/c1-8(12(18)19)3-2-4-16-13(20)17-11-6-9(14)5-10(15)7-11/h5-8H,2-4H2,1H3,(H,18,19)(H2,16,17,20). The number of carbonyl (C=O) groups excluding carboxylic acids is 1. The summed E-state index contributed by atoms with van der Waals surface area (Å²) in [7, 11) is 0. The summed E-state index contributed by atoms with van der Waals surface area (Å²) in [4.78, 5) is 22.2. The summed E-state index contributed by atoms with van der Waals surface area (Å²) in [5.74, 6) is -1.24. The molecule has 0 aromatic heterocycles. The third kappa shape index (κ3) is 6.12. The zero-order chi connectivity index (χ0) is 15.1. The van der Waals surface area contributed by atoms with Crippen LogP contribution in [0.1, 0.15) is 19.8 Å². The van der Waals surface area contributed by atoms with Crippen LogP contribution in [0.2, 0.25) is 10.0 Å². The molecule has 1 unspecified atom stereocenters. The number of urea groups is 1. The molecule has 0 radical (unpaired) electrons. The van der Waals surface area contributed by atoms with Crippen molar-refractivity contribution < 1.29 is 14.7 Å². The monoisotopic (exact) mass is 318 g/mol. The van der Waals surface area contributed by atoms with E-state index in [0.717, 1.165) is 0 Å². The van der Waals surface area contributed by atoms with Gasteiger partial charge in [-0.25, -0.2) is 4.79 Å². The van der Waals surface area contributed by atoms with Crippen molar-refractivity contribution in [3.8, 4) is 0 Å². The lowest BCUT2D eigenvalue weighted by Crippen LogP contribution is -2.29. The lowest BCUT2D eigenvalue weighted by Gasteiger charge is -2.09. The molecule has 0 aliphatic heterocycles. The van der Waals surface area contributed by atoms with Crippen LogP contribution in [-0.2, 0) is 4.79 Å². The molecule has 1 atom stereocenters. The number of hydrogen-bond donors (Lipinski definition) is 3. The van der Waals surface area contributed by atoms with Crippen molar-refractivity contribution in [2.75, 3.05) is 11.9 Å². The highest BCUT2D eigenvalue weighted by Gasteiger charge is 2.10. The van der Waals surface area contributed by atoms with E-state index in [1.807, 2.05) is 0 Å². The van der Waals surface area contributed by atoms with Gasteiger partial charge in [-0.1, -0.05) is 30.1 Å². The first-order valence-corrected chi connectivity index (χ1v) is 6.88. The lowest BCUT2D eigenvalue weighted by molar-refractivity contribution is -0.141. The molecular formula is C13H16Cl2N2O3. The van der Waals surface area contributed by atoms with Crippen LogP contribution >= 0.6 is 23.2 Å². The average Bonchev–Trinajstić information content (AvgIpc) is 2.32. The Morgan fingerprint density at radius 1 is 1.25 bits per heavy atom. The topological polar surface area (TPSA) is 78.4 Å². The highest BCUT2D eigenvalue weighted by molar-refractivity contribution is 6.35. The molecule has 3 N–H and O–H groups in total. The molecule has 2 amide bonds. The molecular weight excluding hydrogens is 303 g/mol. The van der Waals surface area contributed by atoms with Crippen molar-refractivity contribution in [2.24, 2.45) is 5.92 Å². The van der Waals surface area contributed by atoms with Gasteiger partial charge in [0.05, 0.1) is 5.92 Å². The molecule has 0 saturated heterocycles. The summed E-state index contributed by atoms with van der Waals surface area (Å²) in [5, 5.41) is 14.8. The second kappa shape index (κ2) is 7.97. The van der Waals surface area contributed by atoms with E-state index < -0.39 is 11.9 Å². The van der Waals surface area contributed by atoms with Gasteiger partial charge >= 0.3 is 12.0 Å². The summed E-state index contributed by atoms with van der Waals surface area (Å²) in [6.07, 6.45) is 1.11. The quantitative estimate of drug-likeness (QED) is 0.701. The number of aliphatic carboxylic acids is 1. The summed E-state index contributed by atoms with van der Waals surface area (Å²) >= 11 is 11.6. The Labute approximate surface area is 127 Å². The van der Waals surface area contributed by atoms with Gasteiger partial charge in [-0.3, -0.25) is 4.79 Å². The molecule has 1 aromatic carbocycles.